The van der Waals surface area contributed by atoms with E-state index in [2.05, 4.69) is 0 Å². The summed E-state index contributed by atoms with van der Waals surface area (Å²) in [7, 11) is 1.65. The van der Waals surface area contributed by atoms with E-state index in [0.717, 1.165) is 29.7 Å². The van der Waals surface area contributed by atoms with Crippen molar-refractivity contribution in [1.82, 2.24) is 0 Å². The molecule has 0 aliphatic rings. The number of pyridine rings is 1. The number of unbranched alkanes of at least 4 members (excludes halogenated alkanes) is 1. The average molecular weight is 371 g/mol. The SMILES string of the molecule is COc1ccc(CCCCOc2ccc(C)[n+]([O-])c2C=CCC(=O)O)cc1. The van der Waals surface area contributed by atoms with E-state index in [9.17, 15) is 10.0 Å². The molecule has 144 valence electrons. The number of methoxy groups -OCH3 is 1. The fourth-order valence-electron chi connectivity index (χ4n) is 2.59. The van der Waals surface area contributed by atoms with Gasteiger partial charge in [-0.2, -0.15) is 4.73 Å². The Bertz CT molecular complexity index is 784. The minimum absolute atomic E-state index is 0.144. The van der Waals surface area contributed by atoms with Crippen molar-refractivity contribution in [3.63, 3.8) is 0 Å². The van der Waals surface area contributed by atoms with Crippen molar-refractivity contribution in [3.05, 3.63) is 64.6 Å². The molecule has 27 heavy (non-hydrogen) atoms. The molecule has 2 aromatic rings. The molecule has 0 fully saturated rings. The lowest BCUT2D eigenvalue weighted by Gasteiger charge is -2.11. The second kappa shape index (κ2) is 10.2. The van der Waals surface area contributed by atoms with Gasteiger partial charge in [0, 0.05) is 19.1 Å². The number of hydrogen-bond donors (Lipinski definition) is 1. The van der Waals surface area contributed by atoms with E-state index in [0.29, 0.717) is 23.7 Å². The zero-order valence-electron chi connectivity index (χ0n) is 15.7. The van der Waals surface area contributed by atoms with E-state index in [-0.39, 0.29) is 6.42 Å². The molecule has 0 saturated heterocycles. The highest BCUT2D eigenvalue weighted by atomic mass is 16.5. The van der Waals surface area contributed by atoms with Gasteiger partial charge >= 0.3 is 5.97 Å². The second-order valence-electron chi connectivity index (χ2n) is 6.17. The summed E-state index contributed by atoms with van der Waals surface area (Å²) in [6.07, 6.45) is 5.54. The van der Waals surface area contributed by atoms with Crippen LogP contribution in [-0.2, 0) is 11.2 Å². The molecule has 0 bridgehead atoms. The monoisotopic (exact) mass is 371 g/mol. The number of aryl methyl sites for hydroxylation is 2. The number of carboxylic acids is 1. The molecule has 0 aliphatic heterocycles. The van der Waals surface area contributed by atoms with Gasteiger partial charge in [-0.05, 0) is 43.0 Å². The Morgan fingerprint density at radius 2 is 1.93 bits per heavy atom. The molecule has 0 radical (unpaired) electrons. The number of hydrogen-bond acceptors (Lipinski definition) is 4. The highest BCUT2D eigenvalue weighted by molar-refractivity contribution is 5.70. The van der Waals surface area contributed by atoms with Crippen LogP contribution in [0.2, 0.25) is 0 Å². The molecule has 2 rings (SSSR count). The van der Waals surface area contributed by atoms with E-state index in [1.807, 2.05) is 24.3 Å². The largest absolute Gasteiger partial charge is 0.618 e. The first-order valence-corrected chi connectivity index (χ1v) is 8.88. The van der Waals surface area contributed by atoms with Crippen LogP contribution in [0.4, 0.5) is 0 Å². The molecule has 1 aromatic heterocycles. The summed E-state index contributed by atoms with van der Waals surface area (Å²) in [5, 5.41) is 21.0. The summed E-state index contributed by atoms with van der Waals surface area (Å²) in [4.78, 5) is 10.6. The first-order chi connectivity index (χ1) is 13.0. The Balaban J connectivity index is 1.88. The van der Waals surface area contributed by atoms with Crippen LogP contribution in [0.15, 0.2) is 42.5 Å². The van der Waals surface area contributed by atoms with Crippen LogP contribution in [0.25, 0.3) is 6.08 Å². The van der Waals surface area contributed by atoms with E-state index in [4.69, 9.17) is 14.6 Å². The maximum atomic E-state index is 12.2. The summed E-state index contributed by atoms with van der Waals surface area (Å²) < 4.78 is 11.7. The van der Waals surface area contributed by atoms with E-state index < -0.39 is 5.97 Å². The lowest BCUT2D eigenvalue weighted by atomic mass is 10.1. The Labute approximate surface area is 159 Å². The lowest BCUT2D eigenvalue weighted by molar-refractivity contribution is -0.614. The summed E-state index contributed by atoms with van der Waals surface area (Å²) in [5.74, 6) is 0.356. The number of carboxylic acid groups (broad SMARTS) is 1. The van der Waals surface area contributed by atoms with Crippen molar-refractivity contribution in [2.24, 2.45) is 0 Å². The molecule has 1 N–H and O–H groups in total. The quantitative estimate of drug-likeness (QED) is 0.392. The van der Waals surface area contributed by atoms with Gasteiger partial charge in [0.2, 0.25) is 0 Å². The number of benzene rings is 1. The Morgan fingerprint density at radius 3 is 2.59 bits per heavy atom. The number of carbonyl (C=O) groups is 1. The Kier molecular flexibility index (Phi) is 7.67. The maximum absolute atomic E-state index is 12.2. The first kappa shape index (κ1) is 20.3. The minimum atomic E-state index is -0.947. The molecule has 0 atom stereocenters. The van der Waals surface area contributed by atoms with Gasteiger partial charge in [0.1, 0.15) is 5.75 Å². The van der Waals surface area contributed by atoms with Gasteiger partial charge in [0.15, 0.2) is 11.4 Å². The van der Waals surface area contributed by atoms with Crippen LogP contribution in [0.1, 0.15) is 36.2 Å². The molecule has 0 unspecified atom stereocenters. The van der Waals surface area contributed by atoms with Crippen molar-refractivity contribution >= 4 is 12.0 Å². The molecule has 0 aliphatic carbocycles. The second-order valence-corrected chi connectivity index (χ2v) is 6.17. The van der Waals surface area contributed by atoms with Crippen molar-refractivity contribution in [1.29, 1.82) is 0 Å². The molecule has 1 aromatic carbocycles. The van der Waals surface area contributed by atoms with Gasteiger partial charge in [0.25, 0.3) is 5.69 Å². The Morgan fingerprint density at radius 1 is 1.19 bits per heavy atom. The maximum Gasteiger partial charge on any atom is 0.307 e. The molecule has 0 saturated carbocycles. The summed E-state index contributed by atoms with van der Waals surface area (Å²) in [5.41, 5.74) is 2.09. The summed E-state index contributed by atoms with van der Waals surface area (Å²) in [6.45, 7) is 2.18. The number of nitrogens with zero attached hydrogens (tertiary/aromatic N) is 1. The number of rotatable bonds is 10. The zero-order chi connectivity index (χ0) is 19.6. The fourth-order valence-corrected chi connectivity index (χ4v) is 2.59. The van der Waals surface area contributed by atoms with Crippen LogP contribution in [0.5, 0.6) is 11.5 Å². The molecule has 6 nitrogen and oxygen atoms in total. The van der Waals surface area contributed by atoms with Crippen molar-refractivity contribution in [3.8, 4) is 11.5 Å². The summed E-state index contributed by atoms with van der Waals surface area (Å²) in [6, 6.07) is 11.4. The molecular formula is C21H25NO5. The standard InChI is InChI=1S/C21H25NO5/c1-16-9-14-20(19(22(16)25)7-5-8-21(23)24)27-15-4-3-6-17-10-12-18(26-2)13-11-17/h5,7,9-14H,3-4,6,8,15H2,1-2H3,(H,23,24). The molecule has 0 amide bonds. The normalized spacial score (nSPS) is 10.9. The van der Waals surface area contributed by atoms with Gasteiger partial charge in [-0.1, -0.05) is 18.2 Å². The van der Waals surface area contributed by atoms with Gasteiger partial charge in [0.05, 0.1) is 20.1 Å². The smallest absolute Gasteiger partial charge is 0.307 e. The van der Waals surface area contributed by atoms with Gasteiger partial charge in [-0.25, -0.2) is 0 Å². The van der Waals surface area contributed by atoms with E-state index in [1.165, 1.54) is 17.7 Å². The van der Waals surface area contributed by atoms with Crippen LogP contribution in [0.3, 0.4) is 0 Å². The van der Waals surface area contributed by atoms with Crippen LogP contribution >= 0.6 is 0 Å². The van der Waals surface area contributed by atoms with Crippen molar-refractivity contribution < 1.29 is 24.1 Å². The van der Waals surface area contributed by atoms with Gasteiger partial charge < -0.3 is 19.8 Å². The number of ether oxygens (including phenoxy) is 2. The third-order valence-corrected chi connectivity index (χ3v) is 4.11. The van der Waals surface area contributed by atoms with Crippen molar-refractivity contribution in [2.75, 3.05) is 13.7 Å². The minimum Gasteiger partial charge on any atom is -0.618 e. The van der Waals surface area contributed by atoms with E-state index in [1.54, 1.807) is 26.2 Å². The topological polar surface area (TPSA) is 82.7 Å². The number of aromatic nitrogens is 1. The molecule has 0 spiro atoms. The third-order valence-electron chi connectivity index (χ3n) is 4.11. The Hall–Kier alpha value is -3.02. The predicted molar refractivity (Wildman–Crippen MR) is 103 cm³/mol. The first-order valence-electron chi connectivity index (χ1n) is 8.88. The predicted octanol–water partition coefficient (Wildman–Crippen LogP) is 3.53. The fraction of sp³-hybridized carbons (Fsp3) is 0.333. The highest BCUT2D eigenvalue weighted by Gasteiger charge is 2.13. The average Bonchev–Trinajstić information content (AvgIpc) is 2.66. The molecular weight excluding hydrogens is 346 g/mol. The van der Waals surface area contributed by atoms with Crippen LogP contribution in [0, 0.1) is 12.1 Å². The van der Waals surface area contributed by atoms with Gasteiger partial charge in [-0.3, -0.25) is 4.79 Å². The molecule has 6 heteroatoms. The van der Waals surface area contributed by atoms with Crippen LogP contribution < -0.4 is 14.2 Å². The lowest BCUT2D eigenvalue weighted by Crippen LogP contribution is -2.34. The van der Waals surface area contributed by atoms with Crippen molar-refractivity contribution in [2.45, 2.75) is 32.6 Å². The van der Waals surface area contributed by atoms with Gasteiger partial charge in [-0.15, -0.1) is 0 Å². The van der Waals surface area contributed by atoms with E-state index >= 15 is 0 Å². The third kappa shape index (κ3) is 6.33. The zero-order valence-corrected chi connectivity index (χ0v) is 15.7. The molecule has 1 heterocycles. The van der Waals surface area contributed by atoms with Crippen LogP contribution in [-0.4, -0.2) is 24.8 Å². The summed E-state index contributed by atoms with van der Waals surface area (Å²) >= 11 is 0. The highest BCUT2D eigenvalue weighted by Crippen LogP contribution is 2.18. The number of aliphatic carboxylic acids is 1.